The van der Waals surface area contributed by atoms with Gasteiger partial charge in [-0.25, -0.2) is 4.79 Å². The van der Waals surface area contributed by atoms with Gasteiger partial charge in [-0.3, -0.25) is 4.79 Å². The van der Waals surface area contributed by atoms with Gasteiger partial charge in [-0.15, -0.1) is 0 Å². The van der Waals surface area contributed by atoms with E-state index in [1.54, 1.807) is 19.2 Å². The molecule has 0 aliphatic heterocycles. The maximum absolute atomic E-state index is 11.6. The SMILES string of the molecule is CN(Cc1ccc(Cl)cc1)C(=O)NCCC(=O)O. The molecule has 0 radical (unpaired) electrons. The van der Waals surface area contributed by atoms with Crippen molar-refractivity contribution >= 4 is 23.6 Å². The number of nitrogens with one attached hydrogen (secondary N) is 1. The van der Waals surface area contributed by atoms with Gasteiger partial charge in [-0.05, 0) is 17.7 Å². The van der Waals surface area contributed by atoms with Crippen LogP contribution in [-0.4, -0.2) is 35.6 Å². The fourth-order valence-corrected chi connectivity index (χ4v) is 1.47. The Kier molecular flexibility index (Phi) is 5.45. The lowest BCUT2D eigenvalue weighted by Gasteiger charge is -2.17. The Labute approximate surface area is 110 Å². The molecule has 0 heterocycles. The molecule has 0 spiro atoms. The van der Waals surface area contributed by atoms with Crippen molar-refractivity contribution in [2.75, 3.05) is 13.6 Å². The summed E-state index contributed by atoms with van der Waals surface area (Å²) in [6, 6.07) is 6.89. The molecule has 0 fully saturated rings. The summed E-state index contributed by atoms with van der Waals surface area (Å²) in [6.45, 7) is 0.565. The number of rotatable bonds is 5. The average molecular weight is 271 g/mol. The Morgan fingerprint density at radius 1 is 1.33 bits per heavy atom. The lowest BCUT2D eigenvalue weighted by Crippen LogP contribution is -2.37. The summed E-state index contributed by atoms with van der Waals surface area (Å²) in [4.78, 5) is 23.4. The predicted octanol–water partition coefficient (Wildman–Crippen LogP) is 1.96. The minimum absolute atomic E-state index is 0.0828. The van der Waals surface area contributed by atoms with Crippen molar-refractivity contribution in [1.82, 2.24) is 10.2 Å². The summed E-state index contributed by atoms with van der Waals surface area (Å²) >= 11 is 5.76. The van der Waals surface area contributed by atoms with Crippen molar-refractivity contribution in [2.45, 2.75) is 13.0 Å². The van der Waals surface area contributed by atoms with Gasteiger partial charge in [0.15, 0.2) is 0 Å². The normalized spacial score (nSPS) is 9.89. The van der Waals surface area contributed by atoms with Crippen LogP contribution in [0.15, 0.2) is 24.3 Å². The van der Waals surface area contributed by atoms with E-state index in [1.807, 2.05) is 12.1 Å². The van der Waals surface area contributed by atoms with E-state index in [1.165, 1.54) is 4.90 Å². The number of carboxylic acid groups (broad SMARTS) is 1. The second kappa shape index (κ2) is 6.86. The molecule has 0 atom stereocenters. The molecule has 1 rings (SSSR count). The zero-order valence-corrected chi connectivity index (χ0v) is 10.8. The van der Waals surface area contributed by atoms with Gasteiger partial charge in [0.1, 0.15) is 0 Å². The Morgan fingerprint density at radius 2 is 1.94 bits per heavy atom. The van der Waals surface area contributed by atoms with Crippen molar-refractivity contribution in [2.24, 2.45) is 0 Å². The van der Waals surface area contributed by atoms with Gasteiger partial charge in [0.2, 0.25) is 0 Å². The quantitative estimate of drug-likeness (QED) is 0.859. The molecule has 0 saturated carbocycles. The molecule has 0 aromatic heterocycles. The lowest BCUT2D eigenvalue weighted by molar-refractivity contribution is -0.136. The molecule has 2 amide bonds. The lowest BCUT2D eigenvalue weighted by atomic mass is 10.2. The van der Waals surface area contributed by atoms with E-state index in [2.05, 4.69) is 5.32 Å². The summed E-state index contributed by atoms with van der Waals surface area (Å²) in [5, 5.41) is 11.6. The van der Waals surface area contributed by atoms with Gasteiger partial charge in [0, 0.05) is 25.2 Å². The molecule has 6 heteroatoms. The van der Waals surface area contributed by atoms with Crippen molar-refractivity contribution in [3.8, 4) is 0 Å². The maximum atomic E-state index is 11.6. The van der Waals surface area contributed by atoms with Crippen LogP contribution in [0.4, 0.5) is 4.79 Å². The molecule has 98 valence electrons. The van der Waals surface area contributed by atoms with Crippen LogP contribution in [0.3, 0.4) is 0 Å². The molecule has 5 nitrogen and oxygen atoms in total. The highest BCUT2D eigenvalue weighted by molar-refractivity contribution is 6.30. The van der Waals surface area contributed by atoms with Crippen LogP contribution >= 0.6 is 11.6 Å². The third kappa shape index (κ3) is 5.05. The standard InChI is InChI=1S/C12H15ClN2O3/c1-15(12(18)14-7-6-11(16)17)8-9-2-4-10(13)5-3-9/h2-5H,6-8H2,1H3,(H,14,18)(H,16,17). The minimum Gasteiger partial charge on any atom is -0.481 e. The number of urea groups is 1. The summed E-state index contributed by atoms with van der Waals surface area (Å²) in [7, 11) is 1.64. The van der Waals surface area contributed by atoms with E-state index in [-0.39, 0.29) is 19.0 Å². The fraction of sp³-hybridized carbons (Fsp3) is 0.333. The van der Waals surface area contributed by atoms with Crippen LogP contribution in [0, 0.1) is 0 Å². The number of aliphatic carboxylic acids is 1. The molecule has 0 unspecified atom stereocenters. The summed E-state index contributed by atoms with van der Waals surface area (Å²) < 4.78 is 0. The van der Waals surface area contributed by atoms with Crippen molar-refractivity contribution in [3.63, 3.8) is 0 Å². The molecule has 0 aliphatic rings. The average Bonchev–Trinajstić information content (AvgIpc) is 2.31. The third-order valence-corrected chi connectivity index (χ3v) is 2.55. The fourth-order valence-electron chi connectivity index (χ4n) is 1.35. The largest absolute Gasteiger partial charge is 0.481 e. The predicted molar refractivity (Wildman–Crippen MR) is 68.6 cm³/mol. The number of hydrogen-bond donors (Lipinski definition) is 2. The topological polar surface area (TPSA) is 69.6 Å². The molecule has 1 aromatic rings. The van der Waals surface area contributed by atoms with E-state index in [9.17, 15) is 9.59 Å². The minimum atomic E-state index is -0.935. The van der Waals surface area contributed by atoms with Gasteiger partial charge in [0.05, 0.1) is 6.42 Å². The Hall–Kier alpha value is -1.75. The molecule has 0 aliphatic carbocycles. The number of carbonyl (C=O) groups is 2. The maximum Gasteiger partial charge on any atom is 0.317 e. The van der Waals surface area contributed by atoms with Crippen LogP contribution in [0.1, 0.15) is 12.0 Å². The third-order valence-electron chi connectivity index (χ3n) is 2.29. The first-order valence-corrected chi connectivity index (χ1v) is 5.82. The van der Waals surface area contributed by atoms with E-state index < -0.39 is 5.97 Å². The van der Waals surface area contributed by atoms with Crippen LogP contribution in [0.2, 0.25) is 5.02 Å². The van der Waals surface area contributed by atoms with Crippen LogP contribution in [-0.2, 0) is 11.3 Å². The highest BCUT2D eigenvalue weighted by Crippen LogP contribution is 2.10. The molecule has 18 heavy (non-hydrogen) atoms. The number of carboxylic acids is 1. The van der Waals surface area contributed by atoms with Gasteiger partial charge >= 0.3 is 12.0 Å². The van der Waals surface area contributed by atoms with Crippen molar-refractivity contribution in [1.29, 1.82) is 0 Å². The number of benzene rings is 1. The van der Waals surface area contributed by atoms with Crippen LogP contribution < -0.4 is 5.32 Å². The van der Waals surface area contributed by atoms with Crippen molar-refractivity contribution in [3.05, 3.63) is 34.9 Å². The second-order valence-corrected chi connectivity index (χ2v) is 4.29. The highest BCUT2D eigenvalue weighted by Gasteiger charge is 2.08. The Morgan fingerprint density at radius 3 is 2.50 bits per heavy atom. The first-order chi connectivity index (χ1) is 8.49. The van der Waals surface area contributed by atoms with E-state index in [4.69, 9.17) is 16.7 Å². The number of nitrogens with zero attached hydrogens (tertiary/aromatic N) is 1. The van der Waals surface area contributed by atoms with Crippen molar-refractivity contribution < 1.29 is 14.7 Å². The van der Waals surface area contributed by atoms with Gasteiger partial charge in [-0.1, -0.05) is 23.7 Å². The molecular weight excluding hydrogens is 256 g/mol. The molecule has 2 N–H and O–H groups in total. The molecule has 1 aromatic carbocycles. The number of carbonyl (C=O) groups excluding carboxylic acids is 1. The van der Waals surface area contributed by atoms with Gasteiger partial charge < -0.3 is 15.3 Å². The summed E-state index contributed by atoms with van der Waals surface area (Å²) in [5.41, 5.74) is 0.954. The zero-order valence-electron chi connectivity index (χ0n) is 10.0. The zero-order chi connectivity index (χ0) is 13.5. The molecule has 0 saturated heterocycles. The van der Waals surface area contributed by atoms with Crippen LogP contribution in [0.5, 0.6) is 0 Å². The number of amides is 2. The summed E-state index contributed by atoms with van der Waals surface area (Å²) in [6.07, 6.45) is -0.0828. The highest BCUT2D eigenvalue weighted by atomic mass is 35.5. The molecule has 0 bridgehead atoms. The van der Waals surface area contributed by atoms with Gasteiger partial charge in [-0.2, -0.15) is 0 Å². The first-order valence-electron chi connectivity index (χ1n) is 5.44. The van der Waals surface area contributed by atoms with E-state index in [0.717, 1.165) is 5.56 Å². The monoisotopic (exact) mass is 270 g/mol. The van der Waals surface area contributed by atoms with E-state index in [0.29, 0.717) is 11.6 Å². The summed E-state index contributed by atoms with van der Waals surface area (Å²) in [5.74, 6) is -0.935. The second-order valence-electron chi connectivity index (χ2n) is 3.86. The first kappa shape index (κ1) is 14.3. The number of halogens is 1. The Balaban J connectivity index is 2.39. The van der Waals surface area contributed by atoms with Crippen LogP contribution in [0.25, 0.3) is 0 Å². The van der Waals surface area contributed by atoms with Gasteiger partial charge in [0.25, 0.3) is 0 Å². The molecular formula is C12H15ClN2O3. The number of hydrogen-bond acceptors (Lipinski definition) is 2. The Bertz CT molecular complexity index is 420. The van der Waals surface area contributed by atoms with E-state index >= 15 is 0 Å². The smallest absolute Gasteiger partial charge is 0.317 e.